The Labute approximate surface area is 383 Å². The molecule has 0 fully saturated rings. The van der Waals surface area contributed by atoms with Crippen LogP contribution in [0.1, 0.15) is 233 Å². The minimum absolute atomic E-state index is 0.0456. The molecular formula is C56H97NO5. The van der Waals surface area contributed by atoms with Gasteiger partial charge in [-0.25, -0.2) is 0 Å². The number of amides is 1. The van der Waals surface area contributed by atoms with Gasteiger partial charge in [-0.1, -0.05) is 202 Å². The fourth-order valence-electron chi connectivity index (χ4n) is 7.31. The van der Waals surface area contributed by atoms with E-state index < -0.39 is 18.2 Å². The lowest BCUT2D eigenvalue weighted by Gasteiger charge is -2.24. The second kappa shape index (κ2) is 49.1. The Morgan fingerprint density at radius 3 is 1.35 bits per heavy atom. The van der Waals surface area contributed by atoms with E-state index in [9.17, 15) is 19.8 Å². The third-order valence-electron chi connectivity index (χ3n) is 11.2. The van der Waals surface area contributed by atoms with Crippen molar-refractivity contribution < 1.29 is 24.5 Å². The lowest BCUT2D eigenvalue weighted by atomic mass is 10.0. The Kier molecular flexibility index (Phi) is 46.7. The van der Waals surface area contributed by atoms with Gasteiger partial charge in [0.15, 0.2) is 0 Å². The molecule has 0 aliphatic heterocycles. The van der Waals surface area contributed by atoms with Crippen LogP contribution in [0.2, 0.25) is 0 Å². The maximum atomic E-state index is 13.2. The third kappa shape index (κ3) is 43.7. The van der Waals surface area contributed by atoms with Crippen LogP contribution in [0.3, 0.4) is 0 Å². The lowest BCUT2D eigenvalue weighted by Crippen LogP contribution is -2.46. The van der Waals surface area contributed by atoms with Gasteiger partial charge < -0.3 is 20.3 Å². The summed E-state index contributed by atoms with van der Waals surface area (Å²) in [5, 5.41) is 23.7. The molecule has 1 amide bonds. The van der Waals surface area contributed by atoms with Crippen molar-refractivity contribution in [2.75, 3.05) is 6.61 Å². The Hall–Kier alpha value is -2.96. The number of hydrogen-bond acceptors (Lipinski definition) is 5. The molecule has 0 rings (SSSR count). The summed E-state index contributed by atoms with van der Waals surface area (Å²) in [6.07, 6.45) is 63.5. The minimum atomic E-state index is -0.803. The molecule has 3 atom stereocenters. The molecule has 62 heavy (non-hydrogen) atoms. The Balaban J connectivity index is 4.71. The highest BCUT2D eigenvalue weighted by Crippen LogP contribution is 2.17. The smallest absolute Gasteiger partial charge is 0.306 e. The van der Waals surface area contributed by atoms with Gasteiger partial charge in [-0.2, -0.15) is 0 Å². The van der Waals surface area contributed by atoms with Crippen LogP contribution in [-0.4, -0.2) is 46.9 Å². The molecule has 0 aliphatic rings. The predicted octanol–water partition coefficient (Wildman–Crippen LogP) is 15.6. The average Bonchev–Trinajstić information content (AvgIpc) is 3.26. The van der Waals surface area contributed by atoms with Crippen molar-refractivity contribution in [1.82, 2.24) is 5.32 Å². The van der Waals surface area contributed by atoms with Gasteiger partial charge in [0.25, 0.3) is 0 Å². The van der Waals surface area contributed by atoms with Crippen LogP contribution < -0.4 is 5.32 Å². The van der Waals surface area contributed by atoms with Crippen molar-refractivity contribution in [3.8, 4) is 0 Å². The van der Waals surface area contributed by atoms with E-state index in [1.807, 2.05) is 0 Å². The van der Waals surface area contributed by atoms with E-state index in [4.69, 9.17) is 4.74 Å². The van der Waals surface area contributed by atoms with Crippen molar-refractivity contribution in [3.05, 3.63) is 85.1 Å². The number of nitrogens with one attached hydrogen (secondary N) is 1. The first-order chi connectivity index (χ1) is 30.5. The molecule has 0 spiro atoms. The van der Waals surface area contributed by atoms with Crippen LogP contribution in [0.5, 0.6) is 0 Å². The van der Waals surface area contributed by atoms with Crippen LogP contribution in [0, 0.1) is 0 Å². The zero-order valence-electron chi connectivity index (χ0n) is 40.5. The molecule has 0 saturated carbocycles. The number of allylic oxidation sites excluding steroid dienone is 14. The number of esters is 1. The number of unbranched alkanes of at least 4 members (excludes halogenated alkanes) is 19. The molecule has 3 N–H and O–H groups in total. The second-order valence-electron chi connectivity index (χ2n) is 17.2. The number of aliphatic hydroxyl groups is 2. The first-order valence-corrected chi connectivity index (χ1v) is 25.8. The molecule has 0 heterocycles. The number of hydrogen-bond donors (Lipinski definition) is 3. The van der Waals surface area contributed by atoms with Gasteiger partial charge in [-0.15, -0.1) is 0 Å². The highest BCUT2D eigenvalue weighted by atomic mass is 16.5. The van der Waals surface area contributed by atoms with Gasteiger partial charge >= 0.3 is 5.97 Å². The summed E-state index contributed by atoms with van der Waals surface area (Å²) in [5.74, 6) is -0.537. The van der Waals surface area contributed by atoms with Crippen molar-refractivity contribution in [1.29, 1.82) is 0 Å². The topological polar surface area (TPSA) is 95.9 Å². The van der Waals surface area contributed by atoms with Crippen molar-refractivity contribution in [2.45, 2.75) is 251 Å². The molecule has 0 aromatic carbocycles. The predicted molar refractivity (Wildman–Crippen MR) is 268 cm³/mol. The summed E-state index contributed by atoms with van der Waals surface area (Å²) in [5.41, 5.74) is 0. The van der Waals surface area contributed by atoms with E-state index in [-0.39, 0.29) is 24.9 Å². The lowest BCUT2D eigenvalue weighted by molar-refractivity contribution is -0.151. The summed E-state index contributed by atoms with van der Waals surface area (Å²) in [6, 6.07) is -0.719. The van der Waals surface area contributed by atoms with Gasteiger partial charge in [-0.3, -0.25) is 9.59 Å². The van der Waals surface area contributed by atoms with E-state index in [1.165, 1.54) is 70.6 Å². The number of carbonyl (C=O) groups is 2. The van der Waals surface area contributed by atoms with Crippen LogP contribution >= 0.6 is 0 Å². The van der Waals surface area contributed by atoms with Gasteiger partial charge in [0.05, 0.1) is 25.2 Å². The van der Waals surface area contributed by atoms with E-state index in [0.717, 1.165) is 116 Å². The molecule has 6 nitrogen and oxygen atoms in total. The first kappa shape index (κ1) is 59.0. The fourth-order valence-corrected chi connectivity index (χ4v) is 7.31. The molecule has 0 aromatic heterocycles. The molecule has 3 unspecified atom stereocenters. The average molecular weight is 864 g/mol. The van der Waals surface area contributed by atoms with Gasteiger partial charge in [0.2, 0.25) is 5.91 Å². The zero-order chi connectivity index (χ0) is 45.2. The third-order valence-corrected chi connectivity index (χ3v) is 11.2. The molecular weight excluding hydrogens is 767 g/mol. The number of aliphatic hydroxyl groups excluding tert-OH is 2. The Morgan fingerprint density at radius 1 is 0.484 bits per heavy atom. The molecule has 6 heteroatoms. The first-order valence-electron chi connectivity index (χ1n) is 25.8. The van der Waals surface area contributed by atoms with E-state index in [2.05, 4.69) is 111 Å². The van der Waals surface area contributed by atoms with Crippen LogP contribution in [-0.2, 0) is 14.3 Å². The van der Waals surface area contributed by atoms with Gasteiger partial charge in [0.1, 0.15) is 6.10 Å². The van der Waals surface area contributed by atoms with Crippen molar-refractivity contribution in [3.63, 3.8) is 0 Å². The number of ether oxygens (including phenoxy) is 1. The maximum Gasteiger partial charge on any atom is 0.306 e. The van der Waals surface area contributed by atoms with E-state index >= 15 is 0 Å². The van der Waals surface area contributed by atoms with E-state index in [1.54, 1.807) is 0 Å². The van der Waals surface area contributed by atoms with E-state index in [0.29, 0.717) is 19.3 Å². The zero-order valence-corrected chi connectivity index (χ0v) is 40.5. The second-order valence-corrected chi connectivity index (χ2v) is 17.2. The summed E-state index contributed by atoms with van der Waals surface area (Å²) in [7, 11) is 0. The molecule has 0 aliphatic carbocycles. The molecule has 0 saturated heterocycles. The summed E-state index contributed by atoms with van der Waals surface area (Å²) in [4.78, 5) is 26.1. The minimum Gasteiger partial charge on any atom is -0.462 e. The number of rotatable bonds is 45. The molecule has 0 bridgehead atoms. The van der Waals surface area contributed by atoms with Crippen molar-refractivity contribution >= 4 is 11.9 Å². The Bertz CT molecular complexity index is 1200. The molecule has 0 radical (unpaired) electrons. The summed E-state index contributed by atoms with van der Waals surface area (Å²) >= 11 is 0. The fraction of sp³-hybridized carbons (Fsp3) is 0.714. The highest BCUT2D eigenvalue weighted by Gasteiger charge is 2.24. The normalized spacial score (nSPS) is 14.0. The van der Waals surface area contributed by atoms with Crippen LogP contribution in [0.25, 0.3) is 0 Å². The summed E-state index contributed by atoms with van der Waals surface area (Å²) < 4.78 is 5.91. The van der Waals surface area contributed by atoms with Crippen LogP contribution in [0.15, 0.2) is 85.1 Å². The molecule has 0 aromatic rings. The largest absolute Gasteiger partial charge is 0.462 e. The monoisotopic (exact) mass is 864 g/mol. The molecule has 356 valence electrons. The maximum absolute atomic E-state index is 13.2. The van der Waals surface area contributed by atoms with Crippen molar-refractivity contribution in [2.24, 2.45) is 0 Å². The number of carbonyl (C=O) groups excluding carboxylic acids is 2. The highest BCUT2D eigenvalue weighted by molar-refractivity contribution is 5.77. The van der Waals surface area contributed by atoms with Crippen LogP contribution in [0.4, 0.5) is 0 Å². The SMILES string of the molecule is CC/C=C/C/C=C/C/C=C/C/C=C/CCCCCC(=O)OC(CCCCCC/C=C\C/C=C\C/C=C\CCCCC)CC(=O)NC(CO)C(O)CCCCCCCCCCCC. The standard InChI is InChI=1S/C56H97NO5/c1-4-7-10-13-16-19-22-24-26-28-29-31-33-35-38-41-44-47-52(50-55(60)57-53(51-58)54(59)48-45-42-39-36-21-18-15-12-9-6-3)62-56(61)49-46-43-40-37-34-32-30-27-25-23-20-17-14-11-8-5-2/h8,11,16-17,19-20,24-27,29,31-32,34,52-54,58-59H,4-7,9-10,12-15,18,21-23,28,30,33,35-51H2,1-3H3,(H,57,60)/b11-8+,19-16-,20-17+,26-24-,27-25+,31-29-,34-32+. The van der Waals surface area contributed by atoms with Gasteiger partial charge in [0, 0.05) is 6.42 Å². The Morgan fingerprint density at radius 2 is 0.871 bits per heavy atom. The van der Waals surface area contributed by atoms with Gasteiger partial charge in [-0.05, 0) is 103 Å². The summed E-state index contributed by atoms with van der Waals surface area (Å²) in [6.45, 7) is 6.31. The quantitative estimate of drug-likeness (QED) is 0.0322.